The van der Waals surface area contributed by atoms with E-state index in [9.17, 15) is 4.79 Å². The predicted molar refractivity (Wildman–Crippen MR) is 78.0 cm³/mol. The number of anilines is 2. The predicted octanol–water partition coefficient (Wildman–Crippen LogP) is 2.07. The highest BCUT2D eigenvalue weighted by molar-refractivity contribution is 6.31. The van der Waals surface area contributed by atoms with E-state index >= 15 is 0 Å². The van der Waals surface area contributed by atoms with Gasteiger partial charge in [-0.15, -0.1) is 0 Å². The van der Waals surface area contributed by atoms with Gasteiger partial charge in [-0.05, 0) is 19.1 Å². The molecule has 3 N–H and O–H groups in total. The molecule has 1 heterocycles. The Morgan fingerprint density at radius 1 is 1.55 bits per heavy atom. The Kier molecular flexibility index (Phi) is 4.14. The average molecular weight is 295 g/mol. The van der Waals surface area contributed by atoms with E-state index in [1.54, 1.807) is 38.4 Å². The van der Waals surface area contributed by atoms with Crippen LogP contribution in [-0.2, 0) is 11.3 Å². The number of nitrogens with zero attached hydrogens (tertiary/aromatic N) is 2. The minimum absolute atomic E-state index is 0.0685. The van der Waals surface area contributed by atoms with Crippen molar-refractivity contribution < 1.29 is 9.53 Å². The van der Waals surface area contributed by atoms with Gasteiger partial charge in [0.1, 0.15) is 12.3 Å². The van der Waals surface area contributed by atoms with Gasteiger partial charge in [-0.1, -0.05) is 11.6 Å². The van der Waals surface area contributed by atoms with E-state index in [1.165, 1.54) is 4.68 Å². The number of methoxy groups -OCH3 is 1. The lowest BCUT2D eigenvalue weighted by molar-refractivity contribution is -0.116. The van der Waals surface area contributed by atoms with Gasteiger partial charge in [0.15, 0.2) is 0 Å². The number of hydrogen-bond acceptors (Lipinski definition) is 4. The first kappa shape index (κ1) is 14.2. The second kappa shape index (κ2) is 5.83. The summed E-state index contributed by atoms with van der Waals surface area (Å²) in [6.07, 6.45) is 1.61. The number of benzene rings is 1. The first-order chi connectivity index (χ1) is 9.49. The van der Waals surface area contributed by atoms with Gasteiger partial charge in [0, 0.05) is 12.3 Å². The number of nitrogens with one attached hydrogen (secondary N) is 1. The number of carbonyl (C=O) groups excluding carboxylic acids is 1. The molecule has 0 aliphatic rings. The van der Waals surface area contributed by atoms with Gasteiger partial charge < -0.3 is 15.8 Å². The maximum atomic E-state index is 11.9. The van der Waals surface area contributed by atoms with Crippen LogP contribution in [0.4, 0.5) is 11.4 Å². The Morgan fingerprint density at radius 2 is 2.30 bits per heavy atom. The molecule has 6 nitrogen and oxygen atoms in total. The number of ether oxygens (including phenoxy) is 1. The molecule has 1 aromatic carbocycles. The van der Waals surface area contributed by atoms with Crippen LogP contribution in [0.5, 0.6) is 5.75 Å². The minimum Gasteiger partial charge on any atom is -0.497 e. The van der Waals surface area contributed by atoms with Crippen molar-refractivity contribution in [2.75, 3.05) is 18.2 Å². The number of carbonyl (C=O) groups is 1. The molecular weight excluding hydrogens is 280 g/mol. The van der Waals surface area contributed by atoms with E-state index in [4.69, 9.17) is 22.1 Å². The van der Waals surface area contributed by atoms with Crippen LogP contribution in [0.25, 0.3) is 0 Å². The van der Waals surface area contributed by atoms with E-state index in [0.29, 0.717) is 27.8 Å². The molecule has 0 saturated heterocycles. The zero-order valence-electron chi connectivity index (χ0n) is 11.2. The first-order valence-electron chi connectivity index (χ1n) is 5.92. The van der Waals surface area contributed by atoms with Gasteiger partial charge in [-0.2, -0.15) is 5.10 Å². The molecular formula is C13H15ClN4O2. The summed E-state index contributed by atoms with van der Waals surface area (Å²) in [7, 11) is 1.55. The molecule has 0 spiro atoms. The molecule has 106 valence electrons. The molecule has 0 bridgehead atoms. The third-order valence-corrected chi connectivity index (χ3v) is 3.10. The van der Waals surface area contributed by atoms with E-state index in [-0.39, 0.29) is 12.5 Å². The van der Waals surface area contributed by atoms with E-state index in [2.05, 4.69) is 10.4 Å². The lowest BCUT2D eigenvalue weighted by Gasteiger charge is -2.09. The molecule has 0 unspecified atom stereocenters. The maximum Gasteiger partial charge on any atom is 0.246 e. The van der Waals surface area contributed by atoms with Gasteiger partial charge >= 0.3 is 0 Å². The minimum atomic E-state index is -0.235. The van der Waals surface area contributed by atoms with Gasteiger partial charge in [0.2, 0.25) is 5.91 Å². The number of nitrogens with two attached hydrogens (primary N) is 1. The number of halogens is 1. The molecule has 1 amide bonds. The normalized spacial score (nSPS) is 10.3. The third-order valence-electron chi connectivity index (χ3n) is 2.72. The van der Waals surface area contributed by atoms with Crippen molar-refractivity contribution in [3.63, 3.8) is 0 Å². The largest absolute Gasteiger partial charge is 0.497 e. The molecule has 0 atom stereocenters. The highest BCUT2D eigenvalue weighted by Gasteiger charge is 2.09. The lowest BCUT2D eigenvalue weighted by Crippen LogP contribution is -2.19. The Morgan fingerprint density at radius 3 is 2.85 bits per heavy atom. The van der Waals surface area contributed by atoms with Crippen LogP contribution < -0.4 is 15.8 Å². The van der Waals surface area contributed by atoms with Crippen LogP contribution in [0.2, 0.25) is 5.02 Å². The lowest BCUT2D eigenvalue weighted by atomic mass is 10.2. The molecule has 0 fully saturated rings. The summed E-state index contributed by atoms with van der Waals surface area (Å²) in [5.41, 5.74) is 7.48. The molecule has 20 heavy (non-hydrogen) atoms. The number of aryl methyl sites for hydroxylation is 1. The summed E-state index contributed by atoms with van der Waals surface area (Å²) in [5, 5.41) is 7.36. The molecule has 1 aromatic heterocycles. The summed E-state index contributed by atoms with van der Waals surface area (Å²) in [6.45, 7) is 1.84. The number of hydrogen-bond donors (Lipinski definition) is 2. The van der Waals surface area contributed by atoms with Crippen molar-refractivity contribution in [2.24, 2.45) is 0 Å². The van der Waals surface area contributed by atoms with Gasteiger partial charge in [-0.3, -0.25) is 9.48 Å². The topological polar surface area (TPSA) is 82.2 Å². The summed E-state index contributed by atoms with van der Waals surface area (Å²) >= 11 is 5.88. The van der Waals surface area contributed by atoms with Gasteiger partial charge in [0.25, 0.3) is 0 Å². The zero-order valence-corrected chi connectivity index (χ0v) is 11.9. The fraction of sp³-hybridized carbons (Fsp3) is 0.231. The van der Waals surface area contributed by atoms with Crippen LogP contribution in [0.15, 0.2) is 24.4 Å². The van der Waals surface area contributed by atoms with Crippen LogP contribution in [-0.4, -0.2) is 22.8 Å². The quantitative estimate of drug-likeness (QED) is 0.846. The summed E-state index contributed by atoms with van der Waals surface area (Å²) in [4.78, 5) is 11.9. The standard InChI is InChI=1S/C13H15ClN4O2/c1-8-10(14)6-18(17-8)7-13(19)16-12-4-3-9(20-2)5-11(12)15/h3-6H,7,15H2,1-2H3,(H,16,19). The highest BCUT2D eigenvalue weighted by Crippen LogP contribution is 2.24. The number of nitrogen functional groups attached to an aromatic ring is 1. The van der Waals surface area contributed by atoms with Crippen LogP contribution in [0, 0.1) is 6.92 Å². The highest BCUT2D eigenvalue weighted by atomic mass is 35.5. The Hall–Kier alpha value is -2.21. The molecule has 0 saturated carbocycles. The molecule has 0 aliphatic heterocycles. The fourth-order valence-electron chi connectivity index (χ4n) is 1.69. The summed E-state index contributed by atoms with van der Waals surface area (Å²) in [5.74, 6) is 0.399. The van der Waals surface area contributed by atoms with Crippen LogP contribution in [0.3, 0.4) is 0 Å². The molecule has 0 aliphatic carbocycles. The van der Waals surface area contributed by atoms with E-state index in [1.807, 2.05) is 0 Å². The first-order valence-corrected chi connectivity index (χ1v) is 6.30. The SMILES string of the molecule is COc1ccc(NC(=O)Cn2cc(Cl)c(C)n2)c(N)c1. The van der Waals surface area contributed by atoms with Crippen molar-refractivity contribution in [3.05, 3.63) is 35.1 Å². The number of aromatic nitrogens is 2. The molecule has 2 aromatic rings. The van der Waals surface area contributed by atoms with Crippen molar-refractivity contribution in [1.29, 1.82) is 0 Å². The second-order valence-corrected chi connectivity index (χ2v) is 4.67. The zero-order chi connectivity index (χ0) is 14.7. The Bertz CT molecular complexity index is 620. The van der Waals surface area contributed by atoms with Gasteiger partial charge in [-0.25, -0.2) is 0 Å². The van der Waals surface area contributed by atoms with Crippen molar-refractivity contribution in [3.8, 4) is 5.75 Å². The average Bonchev–Trinajstić information content (AvgIpc) is 2.70. The smallest absolute Gasteiger partial charge is 0.246 e. The maximum absolute atomic E-state index is 11.9. The second-order valence-electron chi connectivity index (χ2n) is 4.26. The Balaban J connectivity index is 2.04. The monoisotopic (exact) mass is 294 g/mol. The summed E-state index contributed by atoms with van der Waals surface area (Å²) in [6, 6.07) is 5.05. The molecule has 0 radical (unpaired) electrons. The summed E-state index contributed by atoms with van der Waals surface area (Å²) < 4.78 is 6.52. The van der Waals surface area contributed by atoms with Gasteiger partial charge in [0.05, 0.1) is 29.2 Å². The third kappa shape index (κ3) is 3.21. The molecule has 2 rings (SSSR count). The molecule has 7 heteroatoms. The van der Waals surface area contributed by atoms with E-state index < -0.39 is 0 Å². The van der Waals surface area contributed by atoms with Crippen molar-refractivity contribution in [1.82, 2.24) is 9.78 Å². The van der Waals surface area contributed by atoms with Crippen LogP contribution in [0.1, 0.15) is 5.69 Å². The number of amides is 1. The van der Waals surface area contributed by atoms with Crippen molar-refractivity contribution >= 4 is 28.9 Å². The van der Waals surface area contributed by atoms with Crippen LogP contribution >= 0.6 is 11.6 Å². The van der Waals surface area contributed by atoms with E-state index in [0.717, 1.165) is 0 Å². The fourth-order valence-corrected chi connectivity index (χ4v) is 1.84. The number of rotatable bonds is 4. The van der Waals surface area contributed by atoms with Crippen molar-refractivity contribution in [2.45, 2.75) is 13.5 Å². The Labute approximate surface area is 121 Å².